The molecule has 0 unspecified atom stereocenters. The van der Waals surface area contributed by atoms with E-state index < -0.39 is 5.41 Å². The van der Waals surface area contributed by atoms with Crippen molar-refractivity contribution in [1.82, 2.24) is 0 Å². The lowest BCUT2D eigenvalue weighted by Gasteiger charge is -2.33. The third-order valence-corrected chi connectivity index (χ3v) is 11.1. The van der Waals surface area contributed by atoms with Crippen LogP contribution in [0.2, 0.25) is 0 Å². The molecule has 4 rings (SSSR count). The van der Waals surface area contributed by atoms with Crippen molar-refractivity contribution in [2.45, 2.75) is 25.7 Å². The minimum Gasteiger partial charge on any atom is -0.506 e. The summed E-state index contributed by atoms with van der Waals surface area (Å²) in [4.78, 5) is 0. The van der Waals surface area contributed by atoms with Gasteiger partial charge in [-0.2, -0.15) is 0 Å². The molecule has 40 heavy (non-hydrogen) atoms. The molecule has 0 aliphatic rings. The molecule has 0 aliphatic carbocycles. The van der Waals surface area contributed by atoms with Crippen LogP contribution < -0.4 is 0 Å². The van der Waals surface area contributed by atoms with Gasteiger partial charge in [-0.15, -0.1) is 0 Å². The standard InChI is InChI=1S/C20H12Br6O3.C8H8Br2O/c1-20(8-2-11(21)17(27)12(22)3-8,9-4-13(23)18(28)14(24)5-9)10-6-15(25)19(29)16(26)7-10;1-2-5-3-6(9)8(11)7(10)4-5/h2-7,27-29H,1H3;3-4,11H,2H2,1H3. The molecule has 0 bridgehead atoms. The van der Waals surface area contributed by atoms with Crippen molar-refractivity contribution in [2.75, 3.05) is 0 Å². The van der Waals surface area contributed by atoms with Gasteiger partial charge in [-0.05, 0) is 212 Å². The molecule has 0 saturated carbocycles. The van der Waals surface area contributed by atoms with Crippen LogP contribution in [-0.2, 0) is 11.8 Å². The Morgan fingerprint density at radius 2 is 0.650 bits per heavy atom. The smallest absolute Gasteiger partial charge is 0.143 e. The van der Waals surface area contributed by atoms with Crippen LogP contribution in [-0.4, -0.2) is 20.4 Å². The Labute approximate surface area is 299 Å². The van der Waals surface area contributed by atoms with E-state index >= 15 is 0 Å². The highest BCUT2D eigenvalue weighted by atomic mass is 79.9. The monoisotopic (exact) mass is 1050 g/mol. The zero-order chi connectivity index (χ0) is 30.1. The second-order valence-electron chi connectivity index (χ2n) is 8.75. The molecule has 0 fully saturated rings. The molecule has 4 aromatic rings. The summed E-state index contributed by atoms with van der Waals surface area (Å²) in [5.74, 6) is 0.592. The van der Waals surface area contributed by atoms with Gasteiger partial charge in [0.15, 0.2) is 0 Å². The number of hydrogen-bond donors (Lipinski definition) is 4. The third kappa shape index (κ3) is 7.34. The van der Waals surface area contributed by atoms with Crippen molar-refractivity contribution in [3.05, 3.63) is 107 Å². The molecule has 0 aliphatic heterocycles. The van der Waals surface area contributed by atoms with E-state index in [2.05, 4.69) is 134 Å². The molecule has 0 saturated heterocycles. The summed E-state index contributed by atoms with van der Waals surface area (Å²) in [6, 6.07) is 14.9. The van der Waals surface area contributed by atoms with Crippen LogP contribution in [0.25, 0.3) is 0 Å². The number of halogens is 8. The minimum atomic E-state index is -0.712. The van der Waals surface area contributed by atoms with Gasteiger partial charge >= 0.3 is 0 Å². The zero-order valence-corrected chi connectivity index (χ0v) is 33.3. The molecule has 12 heteroatoms. The van der Waals surface area contributed by atoms with E-state index in [9.17, 15) is 20.4 Å². The summed E-state index contributed by atoms with van der Waals surface area (Å²) in [7, 11) is 0. The molecule has 0 amide bonds. The molecule has 4 aromatic carbocycles. The second-order valence-corrected chi connectivity index (χ2v) is 15.6. The Morgan fingerprint density at radius 1 is 0.450 bits per heavy atom. The number of phenolic OH excluding ortho intramolecular Hbond substituents is 4. The van der Waals surface area contributed by atoms with E-state index in [4.69, 9.17) is 0 Å². The highest BCUT2D eigenvalue weighted by molar-refractivity contribution is 9.12. The van der Waals surface area contributed by atoms with E-state index in [1.807, 2.05) is 55.5 Å². The van der Waals surface area contributed by atoms with E-state index in [-0.39, 0.29) is 23.0 Å². The van der Waals surface area contributed by atoms with Crippen LogP contribution >= 0.6 is 127 Å². The molecule has 212 valence electrons. The summed E-state index contributed by atoms with van der Waals surface area (Å²) in [5.41, 5.74) is 3.12. The largest absolute Gasteiger partial charge is 0.506 e. The second kappa shape index (κ2) is 14.1. The van der Waals surface area contributed by atoms with Crippen LogP contribution in [0, 0.1) is 0 Å². The SMILES string of the molecule is CC(c1cc(Br)c(O)c(Br)c1)(c1cc(Br)c(O)c(Br)c1)c1cc(Br)c(O)c(Br)c1.CCc1cc(Br)c(O)c(Br)c1. The summed E-state index contributed by atoms with van der Waals surface area (Å²) in [6.45, 7) is 4.11. The Morgan fingerprint density at radius 3 is 0.850 bits per heavy atom. The predicted octanol–water partition coefficient (Wildman–Crippen LogP) is 12.2. The van der Waals surface area contributed by atoms with E-state index in [0.717, 1.165) is 32.1 Å². The first-order chi connectivity index (χ1) is 18.6. The van der Waals surface area contributed by atoms with E-state index in [1.165, 1.54) is 5.56 Å². The summed E-state index contributed by atoms with van der Waals surface area (Å²) >= 11 is 27.0. The number of aryl methyl sites for hydroxylation is 1. The highest BCUT2D eigenvalue weighted by Crippen LogP contribution is 2.48. The van der Waals surface area contributed by atoms with Crippen molar-refractivity contribution >= 4 is 127 Å². The summed E-state index contributed by atoms with van der Waals surface area (Å²) < 4.78 is 4.74. The van der Waals surface area contributed by atoms with Crippen molar-refractivity contribution in [3.63, 3.8) is 0 Å². The van der Waals surface area contributed by atoms with Gasteiger partial charge in [0, 0.05) is 5.41 Å². The lowest BCUT2D eigenvalue weighted by molar-refractivity contribution is 0.466. The average Bonchev–Trinajstić information content (AvgIpc) is 2.90. The van der Waals surface area contributed by atoms with Crippen molar-refractivity contribution in [2.24, 2.45) is 0 Å². The topological polar surface area (TPSA) is 80.9 Å². The number of hydrogen-bond acceptors (Lipinski definition) is 4. The molecule has 0 atom stereocenters. The van der Waals surface area contributed by atoms with Crippen molar-refractivity contribution in [3.8, 4) is 23.0 Å². The van der Waals surface area contributed by atoms with Gasteiger partial charge in [0.05, 0.1) is 35.8 Å². The summed E-state index contributed by atoms with van der Waals surface area (Å²) in [5, 5.41) is 39.9. The quantitative estimate of drug-likeness (QED) is 0.154. The predicted molar refractivity (Wildman–Crippen MR) is 189 cm³/mol. The maximum Gasteiger partial charge on any atom is 0.143 e. The lowest BCUT2D eigenvalue weighted by Crippen LogP contribution is -2.26. The van der Waals surface area contributed by atoms with E-state index in [0.29, 0.717) is 26.8 Å². The first kappa shape index (κ1) is 34.4. The maximum atomic E-state index is 10.2. The van der Waals surface area contributed by atoms with Crippen LogP contribution in [0.4, 0.5) is 0 Å². The van der Waals surface area contributed by atoms with Gasteiger partial charge in [0.25, 0.3) is 0 Å². The Balaban J connectivity index is 0.000000336. The van der Waals surface area contributed by atoms with Crippen LogP contribution in [0.5, 0.6) is 23.0 Å². The molecular formula is C28H20Br8O4. The fraction of sp³-hybridized carbons (Fsp3) is 0.143. The van der Waals surface area contributed by atoms with Gasteiger partial charge in [-0.25, -0.2) is 0 Å². The first-order valence-corrected chi connectivity index (χ1v) is 17.7. The van der Waals surface area contributed by atoms with Gasteiger partial charge in [0.2, 0.25) is 0 Å². The fourth-order valence-electron chi connectivity index (χ4n) is 3.88. The molecule has 0 aromatic heterocycles. The molecule has 4 N–H and O–H groups in total. The molecule has 0 heterocycles. The zero-order valence-electron chi connectivity index (χ0n) is 20.6. The van der Waals surface area contributed by atoms with Crippen molar-refractivity contribution < 1.29 is 20.4 Å². The highest BCUT2D eigenvalue weighted by Gasteiger charge is 2.34. The first-order valence-electron chi connectivity index (χ1n) is 11.3. The average molecular weight is 1060 g/mol. The molecular weight excluding hydrogens is 1040 g/mol. The van der Waals surface area contributed by atoms with Gasteiger partial charge in [-0.1, -0.05) is 6.92 Å². The van der Waals surface area contributed by atoms with Crippen molar-refractivity contribution in [1.29, 1.82) is 0 Å². The number of rotatable bonds is 4. The number of aromatic hydroxyl groups is 4. The molecule has 4 nitrogen and oxygen atoms in total. The Kier molecular flexibility index (Phi) is 12.2. The molecule has 0 spiro atoms. The van der Waals surface area contributed by atoms with Gasteiger partial charge in [0.1, 0.15) is 23.0 Å². The minimum absolute atomic E-state index is 0.109. The summed E-state index contributed by atoms with van der Waals surface area (Å²) in [6.07, 6.45) is 0.970. The normalized spacial score (nSPS) is 11.2. The maximum absolute atomic E-state index is 10.2. The van der Waals surface area contributed by atoms with Crippen LogP contribution in [0.1, 0.15) is 36.1 Å². The number of benzene rings is 4. The Hall–Kier alpha value is -0.0800. The third-order valence-electron chi connectivity index (χ3n) is 6.27. The van der Waals surface area contributed by atoms with Gasteiger partial charge < -0.3 is 20.4 Å². The van der Waals surface area contributed by atoms with E-state index in [1.54, 1.807) is 0 Å². The van der Waals surface area contributed by atoms with Crippen LogP contribution in [0.15, 0.2) is 84.3 Å². The molecule has 0 radical (unpaired) electrons. The number of phenols is 4. The Bertz CT molecular complexity index is 1360. The van der Waals surface area contributed by atoms with Gasteiger partial charge in [-0.3, -0.25) is 0 Å². The van der Waals surface area contributed by atoms with Crippen LogP contribution in [0.3, 0.4) is 0 Å². The fourth-order valence-corrected chi connectivity index (χ4v) is 8.73. The lowest BCUT2D eigenvalue weighted by atomic mass is 9.71.